The van der Waals surface area contributed by atoms with Crippen molar-refractivity contribution < 1.29 is 14.8 Å². The number of rotatable bonds is 3. The smallest absolute Gasteiger partial charge is 0.344 e. The van der Waals surface area contributed by atoms with Gasteiger partial charge in [0.15, 0.2) is 0 Å². The normalized spacial score (nSPS) is 36.1. The van der Waals surface area contributed by atoms with Gasteiger partial charge in [-0.2, -0.15) is 0 Å². The first-order valence-corrected chi connectivity index (χ1v) is 8.88. The molecule has 2 unspecified atom stereocenters. The van der Waals surface area contributed by atoms with Crippen molar-refractivity contribution in [2.75, 3.05) is 19.6 Å². The minimum absolute atomic E-state index is 0.0367. The van der Waals surface area contributed by atoms with E-state index in [1.54, 1.807) is 0 Å². The van der Waals surface area contributed by atoms with E-state index in [2.05, 4.69) is 10.2 Å². The number of fused-ring (bicyclic) bond motifs is 2. The molecule has 3 amide bonds. The number of hydrogen-bond acceptors (Lipinski definition) is 4. The van der Waals surface area contributed by atoms with Crippen LogP contribution in [0.3, 0.4) is 0 Å². The van der Waals surface area contributed by atoms with Gasteiger partial charge in [0.1, 0.15) is 6.04 Å². The van der Waals surface area contributed by atoms with Gasteiger partial charge in [0.05, 0.1) is 6.04 Å². The first-order chi connectivity index (χ1) is 11.0. The predicted octanol–water partition coefficient (Wildman–Crippen LogP) is 0.387. The van der Waals surface area contributed by atoms with Crippen molar-refractivity contribution in [3.63, 3.8) is 0 Å². The van der Waals surface area contributed by atoms with Gasteiger partial charge in [-0.3, -0.25) is 14.9 Å². The third kappa shape index (κ3) is 2.09. The maximum atomic E-state index is 12.5. The monoisotopic (exact) mass is 320 g/mol. The second-order valence-corrected chi connectivity index (χ2v) is 8.28. The topological polar surface area (TPSA) is 76.1 Å². The van der Waals surface area contributed by atoms with Crippen LogP contribution in [0.1, 0.15) is 38.5 Å². The molecular weight excluding hydrogens is 296 g/mol. The third-order valence-electron chi connectivity index (χ3n) is 6.49. The highest BCUT2D eigenvalue weighted by molar-refractivity contribution is 5.88. The van der Waals surface area contributed by atoms with Crippen LogP contribution in [-0.4, -0.2) is 75.8 Å². The number of nitrogens with zero attached hydrogens (tertiary/aromatic N) is 3. The predicted molar refractivity (Wildman–Crippen MR) is 80.7 cm³/mol. The third-order valence-corrected chi connectivity index (χ3v) is 6.49. The Morgan fingerprint density at radius 1 is 1.13 bits per heavy atom. The summed E-state index contributed by atoms with van der Waals surface area (Å²) >= 11 is 0. The summed E-state index contributed by atoms with van der Waals surface area (Å²) in [5, 5.41) is 13.6. The van der Waals surface area contributed by atoms with Gasteiger partial charge in [-0.05, 0) is 43.9 Å². The SMILES string of the molecule is O=C(NC1CC2(C1)CN(C1CC1)C2)C1CCC2CN1C(=O)N2O. The highest BCUT2D eigenvalue weighted by Gasteiger charge is 2.56. The molecule has 0 aromatic rings. The van der Waals surface area contributed by atoms with Gasteiger partial charge in [0.25, 0.3) is 0 Å². The second kappa shape index (κ2) is 4.60. The Bertz CT molecular complexity index is 550. The van der Waals surface area contributed by atoms with Crippen LogP contribution in [0.15, 0.2) is 0 Å². The van der Waals surface area contributed by atoms with Gasteiger partial charge in [0.2, 0.25) is 5.91 Å². The molecule has 3 heterocycles. The standard InChI is InChI=1S/C16H24N4O3/c21-14(13-4-3-12-7-19(13)15(22)20(12)23)17-10-5-16(6-10)8-18(9-16)11-1-2-11/h10-13,23H,1-9H2,(H,17,21). The lowest BCUT2D eigenvalue weighted by molar-refractivity contribution is -0.132. The van der Waals surface area contributed by atoms with Crippen LogP contribution in [0, 0.1) is 5.41 Å². The molecule has 2 N–H and O–H groups in total. The van der Waals surface area contributed by atoms with E-state index in [0.29, 0.717) is 24.8 Å². The lowest BCUT2D eigenvalue weighted by Gasteiger charge is -2.59. The maximum absolute atomic E-state index is 12.5. The quantitative estimate of drug-likeness (QED) is 0.738. The summed E-state index contributed by atoms with van der Waals surface area (Å²) in [6.07, 6.45) is 6.23. The molecule has 0 radical (unpaired) electrons. The zero-order valence-corrected chi connectivity index (χ0v) is 13.3. The van der Waals surface area contributed by atoms with Crippen LogP contribution in [0.25, 0.3) is 0 Å². The van der Waals surface area contributed by atoms with E-state index in [4.69, 9.17) is 0 Å². The molecule has 126 valence electrons. The number of piperidine rings is 1. The summed E-state index contributed by atoms with van der Waals surface area (Å²) in [6, 6.07) is 0.159. The van der Waals surface area contributed by atoms with Crippen molar-refractivity contribution in [3.8, 4) is 0 Å². The second-order valence-electron chi connectivity index (χ2n) is 8.28. The summed E-state index contributed by atoms with van der Waals surface area (Å²) in [7, 11) is 0. The van der Waals surface area contributed by atoms with Crippen molar-refractivity contribution in [1.82, 2.24) is 20.2 Å². The molecule has 1 spiro atoms. The number of hydrogen-bond donors (Lipinski definition) is 2. The molecule has 7 nitrogen and oxygen atoms in total. The number of carbonyl (C=O) groups is 2. The minimum atomic E-state index is -0.420. The van der Waals surface area contributed by atoms with E-state index in [0.717, 1.165) is 23.9 Å². The first kappa shape index (κ1) is 14.0. The van der Waals surface area contributed by atoms with Crippen LogP contribution in [0.5, 0.6) is 0 Å². The molecule has 2 aliphatic carbocycles. The first-order valence-electron chi connectivity index (χ1n) is 8.88. The van der Waals surface area contributed by atoms with Crippen LogP contribution >= 0.6 is 0 Å². The number of amides is 3. The number of nitrogens with one attached hydrogen (secondary N) is 1. The van der Waals surface area contributed by atoms with E-state index in [1.165, 1.54) is 30.8 Å². The van der Waals surface area contributed by atoms with E-state index >= 15 is 0 Å². The average Bonchev–Trinajstić information content (AvgIpc) is 3.27. The van der Waals surface area contributed by atoms with Crippen molar-refractivity contribution in [3.05, 3.63) is 0 Å². The van der Waals surface area contributed by atoms with Gasteiger partial charge in [-0.15, -0.1) is 0 Å². The van der Waals surface area contributed by atoms with E-state index < -0.39 is 12.1 Å². The summed E-state index contributed by atoms with van der Waals surface area (Å²) in [5.74, 6) is -0.0367. The van der Waals surface area contributed by atoms with Crippen molar-refractivity contribution in [2.24, 2.45) is 5.41 Å². The number of hydroxylamine groups is 2. The van der Waals surface area contributed by atoms with Crippen molar-refractivity contribution in [1.29, 1.82) is 0 Å². The largest absolute Gasteiger partial charge is 0.352 e. The van der Waals surface area contributed by atoms with Crippen molar-refractivity contribution >= 4 is 11.9 Å². The van der Waals surface area contributed by atoms with Crippen LogP contribution in [0.4, 0.5) is 4.79 Å². The molecular formula is C16H24N4O3. The lowest BCUT2D eigenvalue weighted by Crippen LogP contribution is -2.67. The van der Waals surface area contributed by atoms with Gasteiger partial charge >= 0.3 is 6.03 Å². The molecule has 5 rings (SSSR count). The number of urea groups is 1. The molecule has 0 aromatic carbocycles. The average molecular weight is 320 g/mol. The minimum Gasteiger partial charge on any atom is -0.352 e. The summed E-state index contributed by atoms with van der Waals surface area (Å²) in [4.78, 5) is 28.6. The molecule has 7 heteroatoms. The molecule has 2 atom stereocenters. The van der Waals surface area contributed by atoms with Crippen LogP contribution < -0.4 is 5.32 Å². The summed E-state index contributed by atoms with van der Waals surface area (Å²) in [6.45, 7) is 2.89. The number of likely N-dealkylation sites (tertiary alicyclic amines) is 1. The molecule has 3 aliphatic heterocycles. The zero-order valence-electron chi connectivity index (χ0n) is 13.3. The van der Waals surface area contributed by atoms with Gasteiger partial charge in [0, 0.05) is 31.7 Å². The molecule has 5 aliphatic rings. The Hall–Kier alpha value is -1.34. The van der Waals surface area contributed by atoms with Gasteiger partial charge < -0.3 is 10.2 Å². The maximum Gasteiger partial charge on any atom is 0.344 e. The number of carbonyl (C=O) groups excluding carboxylic acids is 2. The lowest BCUT2D eigenvalue weighted by atomic mass is 9.60. The van der Waals surface area contributed by atoms with Crippen molar-refractivity contribution in [2.45, 2.75) is 62.7 Å². The Morgan fingerprint density at radius 3 is 2.52 bits per heavy atom. The molecule has 0 aromatic heterocycles. The summed E-state index contributed by atoms with van der Waals surface area (Å²) < 4.78 is 0. The Morgan fingerprint density at radius 2 is 1.83 bits per heavy atom. The Kier molecular flexibility index (Phi) is 2.81. The molecule has 5 fully saturated rings. The highest BCUT2D eigenvalue weighted by Crippen LogP contribution is 2.51. The van der Waals surface area contributed by atoms with E-state index in [-0.39, 0.29) is 18.0 Å². The van der Waals surface area contributed by atoms with Gasteiger partial charge in [-0.1, -0.05) is 0 Å². The van der Waals surface area contributed by atoms with Crippen LogP contribution in [0.2, 0.25) is 0 Å². The molecule has 2 saturated carbocycles. The summed E-state index contributed by atoms with van der Waals surface area (Å²) in [5.41, 5.74) is 0.462. The van der Waals surface area contributed by atoms with Gasteiger partial charge in [-0.25, -0.2) is 9.86 Å². The Labute approximate surface area is 135 Å². The highest BCUT2D eigenvalue weighted by atomic mass is 16.5. The Balaban J connectivity index is 1.14. The van der Waals surface area contributed by atoms with Crippen LogP contribution in [-0.2, 0) is 4.79 Å². The zero-order chi connectivity index (χ0) is 15.8. The van der Waals surface area contributed by atoms with E-state index in [1.807, 2.05) is 0 Å². The molecule has 2 bridgehead atoms. The molecule has 23 heavy (non-hydrogen) atoms. The fourth-order valence-electron chi connectivity index (χ4n) is 5.08. The molecule has 3 saturated heterocycles. The fourth-order valence-corrected chi connectivity index (χ4v) is 5.08. The van der Waals surface area contributed by atoms with E-state index in [9.17, 15) is 14.8 Å². The fraction of sp³-hybridized carbons (Fsp3) is 0.875.